The van der Waals surface area contributed by atoms with Gasteiger partial charge < -0.3 is 10.0 Å². The Kier molecular flexibility index (Phi) is 12.8. The highest BCUT2D eigenvalue weighted by Crippen LogP contribution is 2.16. The standard InChI is InChI=1S/C22H42N2O/c1-3-4-5-6-7-8-9-10-11-12-13-14-15-16-17-18-22(2,25)24-20-19-23-21-24/h17-18,21,25H,3-16,19-20H2,1-2H3. The first-order valence-electron chi connectivity index (χ1n) is 10.8. The van der Waals surface area contributed by atoms with Gasteiger partial charge in [0.25, 0.3) is 0 Å². The highest BCUT2D eigenvalue weighted by atomic mass is 16.3. The summed E-state index contributed by atoms with van der Waals surface area (Å²) in [7, 11) is 0. The lowest BCUT2D eigenvalue weighted by molar-refractivity contribution is 0.00118. The maximum atomic E-state index is 10.4. The second-order valence-electron chi connectivity index (χ2n) is 7.74. The first kappa shape index (κ1) is 22.2. The lowest BCUT2D eigenvalue weighted by Crippen LogP contribution is -2.42. The molecule has 1 unspecified atom stereocenters. The predicted molar refractivity (Wildman–Crippen MR) is 110 cm³/mol. The monoisotopic (exact) mass is 350 g/mol. The molecule has 0 saturated heterocycles. The Hall–Kier alpha value is -0.830. The molecule has 1 rings (SSSR count). The Morgan fingerprint density at radius 3 is 1.92 bits per heavy atom. The SMILES string of the molecule is CCCCCCCCCCCCCCCC=CC(C)(O)N1C=NCC1. The van der Waals surface area contributed by atoms with Gasteiger partial charge in [0, 0.05) is 6.54 Å². The van der Waals surface area contributed by atoms with Crippen LogP contribution in [-0.2, 0) is 0 Å². The fourth-order valence-corrected chi connectivity index (χ4v) is 3.41. The van der Waals surface area contributed by atoms with Gasteiger partial charge in [-0.05, 0) is 25.8 Å². The molecule has 1 aliphatic rings. The van der Waals surface area contributed by atoms with Crippen LogP contribution in [0.2, 0.25) is 0 Å². The second-order valence-corrected chi connectivity index (χ2v) is 7.74. The van der Waals surface area contributed by atoms with E-state index in [1.165, 1.54) is 83.5 Å². The summed E-state index contributed by atoms with van der Waals surface area (Å²) in [4.78, 5) is 6.06. The summed E-state index contributed by atoms with van der Waals surface area (Å²) in [6.45, 7) is 5.73. The van der Waals surface area contributed by atoms with Crippen molar-refractivity contribution in [3.63, 3.8) is 0 Å². The molecule has 0 radical (unpaired) electrons. The molecule has 3 heteroatoms. The Labute approximate surface area is 156 Å². The van der Waals surface area contributed by atoms with E-state index in [9.17, 15) is 5.11 Å². The van der Waals surface area contributed by atoms with Gasteiger partial charge in [0.15, 0.2) is 5.72 Å². The van der Waals surface area contributed by atoms with Gasteiger partial charge in [0.1, 0.15) is 0 Å². The van der Waals surface area contributed by atoms with Gasteiger partial charge in [-0.1, -0.05) is 90.0 Å². The molecule has 146 valence electrons. The van der Waals surface area contributed by atoms with E-state index >= 15 is 0 Å². The van der Waals surface area contributed by atoms with Crippen LogP contribution in [0.1, 0.15) is 104 Å². The van der Waals surface area contributed by atoms with E-state index in [1.54, 1.807) is 6.34 Å². The molecule has 0 aromatic carbocycles. The molecule has 0 aliphatic carbocycles. The van der Waals surface area contributed by atoms with Crippen LogP contribution in [0.4, 0.5) is 0 Å². The summed E-state index contributed by atoms with van der Waals surface area (Å²) < 4.78 is 0. The zero-order valence-corrected chi connectivity index (χ0v) is 16.9. The van der Waals surface area contributed by atoms with E-state index < -0.39 is 5.72 Å². The van der Waals surface area contributed by atoms with Crippen LogP contribution in [0.25, 0.3) is 0 Å². The van der Waals surface area contributed by atoms with Gasteiger partial charge in [-0.3, -0.25) is 4.99 Å². The third kappa shape index (κ3) is 11.4. The van der Waals surface area contributed by atoms with Crippen molar-refractivity contribution < 1.29 is 5.11 Å². The molecular weight excluding hydrogens is 308 g/mol. The van der Waals surface area contributed by atoms with E-state index in [0.29, 0.717) is 0 Å². The van der Waals surface area contributed by atoms with Crippen molar-refractivity contribution in [3.8, 4) is 0 Å². The van der Waals surface area contributed by atoms with Gasteiger partial charge in [0.2, 0.25) is 0 Å². The van der Waals surface area contributed by atoms with Gasteiger partial charge in [-0.2, -0.15) is 0 Å². The smallest absolute Gasteiger partial charge is 0.155 e. The third-order valence-electron chi connectivity index (χ3n) is 5.18. The van der Waals surface area contributed by atoms with Crippen molar-refractivity contribution in [1.82, 2.24) is 4.90 Å². The van der Waals surface area contributed by atoms with Crippen molar-refractivity contribution in [3.05, 3.63) is 12.2 Å². The third-order valence-corrected chi connectivity index (χ3v) is 5.18. The van der Waals surface area contributed by atoms with E-state index in [4.69, 9.17) is 0 Å². The largest absolute Gasteiger partial charge is 0.368 e. The maximum absolute atomic E-state index is 10.4. The van der Waals surface area contributed by atoms with Crippen LogP contribution < -0.4 is 0 Å². The summed E-state index contributed by atoms with van der Waals surface area (Å²) in [6, 6.07) is 0. The van der Waals surface area contributed by atoms with Crippen LogP contribution in [0.5, 0.6) is 0 Å². The molecule has 0 aromatic heterocycles. The van der Waals surface area contributed by atoms with E-state index in [1.807, 2.05) is 17.9 Å². The summed E-state index contributed by atoms with van der Waals surface area (Å²) >= 11 is 0. The first-order chi connectivity index (χ1) is 12.2. The first-order valence-corrected chi connectivity index (χ1v) is 10.8. The van der Waals surface area contributed by atoms with Crippen molar-refractivity contribution in [2.45, 2.75) is 109 Å². The number of nitrogens with zero attached hydrogens (tertiary/aromatic N) is 2. The van der Waals surface area contributed by atoms with Crippen molar-refractivity contribution in [2.24, 2.45) is 4.99 Å². The number of aliphatic imine (C=N–C) groups is 1. The molecule has 1 N–H and O–H groups in total. The van der Waals surface area contributed by atoms with E-state index in [0.717, 1.165) is 19.5 Å². The van der Waals surface area contributed by atoms with Crippen molar-refractivity contribution in [2.75, 3.05) is 13.1 Å². The van der Waals surface area contributed by atoms with Gasteiger partial charge in [-0.15, -0.1) is 0 Å². The molecule has 1 atom stereocenters. The lowest BCUT2D eigenvalue weighted by atomic mass is 10.0. The van der Waals surface area contributed by atoms with Gasteiger partial charge in [0.05, 0.1) is 12.9 Å². The normalized spacial score (nSPS) is 16.8. The second kappa shape index (κ2) is 14.4. The molecule has 0 spiro atoms. The molecule has 0 saturated carbocycles. The molecule has 1 heterocycles. The summed E-state index contributed by atoms with van der Waals surface area (Å²) in [5.41, 5.74) is -0.878. The van der Waals surface area contributed by atoms with Crippen LogP contribution in [0.15, 0.2) is 17.1 Å². The van der Waals surface area contributed by atoms with Crippen molar-refractivity contribution in [1.29, 1.82) is 0 Å². The van der Waals surface area contributed by atoms with Gasteiger partial charge >= 0.3 is 0 Å². The number of unbranched alkanes of at least 4 members (excludes halogenated alkanes) is 13. The van der Waals surface area contributed by atoms with E-state index in [2.05, 4.69) is 18.0 Å². The quantitative estimate of drug-likeness (QED) is 0.270. The minimum Gasteiger partial charge on any atom is -0.368 e. The number of hydrogen-bond donors (Lipinski definition) is 1. The highest BCUT2D eigenvalue weighted by Gasteiger charge is 2.25. The predicted octanol–water partition coefficient (Wildman–Crippen LogP) is 6.08. The molecular formula is C22H42N2O. The fourth-order valence-electron chi connectivity index (χ4n) is 3.41. The Morgan fingerprint density at radius 1 is 0.920 bits per heavy atom. The maximum Gasteiger partial charge on any atom is 0.155 e. The molecule has 1 aliphatic heterocycles. The molecule has 3 nitrogen and oxygen atoms in total. The highest BCUT2D eigenvalue weighted by molar-refractivity contribution is 5.58. The van der Waals surface area contributed by atoms with Crippen molar-refractivity contribution >= 4 is 6.34 Å². The summed E-state index contributed by atoms with van der Waals surface area (Å²) in [6.07, 6.45) is 25.0. The number of hydrogen-bond acceptors (Lipinski definition) is 3. The lowest BCUT2D eigenvalue weighted by Gasteiger charge is -2.29. The summed E-state index contributed by atoms with van der Waals surface area (Å²) in [5.74, 6) is 0. The molecule has 25 heavy (non-hydrogen) atoms. The zero-order valence-electron chi connectivity index (χ0n) is 16.9. The van der Waals surface area contributed by atoms with Crippen LogP contribution >= 0.6 is 0 Å². The number of aliphatic hydroxyl groups is 1. The Bertz CT molecular complexity index is 363. The Morgan fingerprint density at radius 2 is 1.44 bits per heavy atom. The van der Waals surface area contributed by atoms with Crippen LogP contribution in [-0.4, -0.2) is 35.2 Å². The number of allylic oxidation sites excluding steroid dienone is 1. The molecule has 0 fully saturated rings. The van der Waals surface area contributed by atoms with Crippen LogP contribution in [0.3, 0.4) is 0 Å². The van der Waals surface area contributed by atoms with E-state index in [-0.39, 0.29) is 0 Å². The topological polar surface area (TPSA) is 35.8 Å². The minimum absolute atomic E-state index is 0.794. The van der Waals surface area contributed by atoms with Gasteiger partial charge in [-0.25, -0.2) is 0 Å². The average Bonchev–Trinajstić information content (AvgIpc) is 3.14. The molecule has 0 bridgehead atoms. The average molecular weight is 351 g/mol. The van der Waals surface area contributed by atoms with Crippen LogP contribution in [0, 0.1) is 0 Å². The zero-order chi connectivity index (χ0) is 18.2. The minimum atomic E-state index is -0.878. The molecule has 0 aromatic rings. The fraction of sp³-hybridized carbons (Fsp3) is 0.864. The Balaban J connectivity index is 1.84. The molecule has 0 amide bonds. The number of rotatable bonds is 16. The summed E-state index contributed by atoms with van der Waals surface area (Å²) in [5, 5.41) is 10.4.